The van der Waals surface area contributed by atoms with Gasteiger partial charge in [0.1, 0.15) is 5.75 Å². The maximum absolute atomic E-state index is 12.6. The summed E-state index contributed by atoms with van der Waals surface area (Å²) in [5, 5.41) is 9.38. The molecule has 0 saturated heterocycles. The summed E-state index contributed by atoms with van der Waals surface area (Å²) in [7, 11) is 0. The van der Waals surface area contributed by atoms with E-state index in [0.29, 0.717) is 24.5 Å². The molecule has 0 radical (unpaired) electrons. The first-order valence-electron chi connectivity index (χ1n) is 9.74. The van der Waals surface area contributed by atoms with Crippen molar-refractivity contribution >= 4 is 5.97 Å². The number of aromatic nitrogens is 1. The van der Waals surface area contributed by atoms with Crippen molar-refractivity contribution in [3.05, 3.63) is 53.7 Å². The molecule has 3 rings (SSSR count). The molecule has 164 valence electrons. The summed E-state index contributed by atoms with van der Waals surface area (Å²) < 4.78 is 49.2. The number of pyridine rings is 1. The Labute approximate surface area is 178 Å². The van der Waals surface area contributed by atoms with E-state index in [9.17, 15) is 23.1 Å². The van der Waals surface area contributed by atoms with E-state index in [2.05, 4.69) is 16.8 Å². The van der Waals surface area contributed by atoms with Crippen LogP contribution in [-0.4, -0.2) is 29.3 Å². The predicted molar refractivity (Wildman–Crippen MR) is 107 cm³/mol. The van der Waals surface area contributed by atoms with Crippen LogP contribution in [-0.2, 0) is 11.0 Å². The molecule has 1 saturated carbocycles. The van der Waals surface area contributed by atoms with Crippen molar-refractivity contribution in [2.45, 2.75) is 38.3 Å². The second-order valence-electron chi connectivity index (χ2n) is 7.55. The summed E-state index contributed by atoms with van der Waals surface area (Å²) in [5.41, 5.74) is -0.372. The zero-order chi connectivity index (χ0) is 22.5. The lowest BCUT2D eigenvalue weighted by Crippen LogP contribution is -2.21. The first kappa shape index (κ1) is 22.5. The number of carboxylic acid groups (broad SMARTS) is 1. The van der Waals surface area contributed by atoms with Crippen LogP contribution in [0.5, 0.6) is 11.6 Å². The van der Waals surface area contributed by atoms with E-state index in [1.54, 1.807) is 31.2 Å². The van der Waals surface area contributed by atoms with Crippen molar-refractivity contribution in [2.75, 3.05) is 13.2 Å². The summed E-state index contributed by atoms with van der Waals surface area (Å²) >= 11 is 0. The number of nitrogens with zero attached hydrogens (tertiary/aromatic N) is 1. The molecule has 0 bridgehead atoms. The summed E-state index contributed by atoms with van der Waals surface area (Å²) in [4.78, 5) is 15.2. The number of hydrogen-bond donors (Lipinski definition) is 1. The van der Waals surface area contributed by atoms with Crippen molar-refractivity contribution in [1.29, 1.82) is 0 Å². The number of hydrogen-bond acceptors (Lipinski definition) is 4. The van der Waals surface area contributed by atoms with Gasteiger partial charge < -0.3 is 14.6 Å². The minimum atomic E-state index is -4.43. The molecule has 2 aromatic rings. The fourth-order valence-corrected chi connectivity index (χ4v) is 2.95. The summed E-state index contributed by atoms with van der Waals surface area (Å²) in [5.74, 6) is 4.62. The molecule has 1 heterocycles. The van der Waals surface area contributed by atoms with Crippen LogP contribution in [0, 0.1) is 17.3 Å². The number of aliphatic carboxylic acids is 1. The number of benzene rings is 1. The number of carboxylic acids is 1. The summed E-state index contributed by atoms with van der Waals surface area (Å²) in [6.45, 7) is 2.35. The van der Waals surface area contributed by atoms with Gasteiger partial charge in [0, 0.05) is 24.1 Å². The zero-order valence-electron chi connectivity index (χ0n) is 16.9. The van der Waals surface area contributed by atoms with Gasteiger partial charge in [-0.1, -0.05) is 12.1 Å². The molecule has 1 aliphatic carbocycles. The van der Waals surface area contributed by atoms with Gasteiger partial charge in [-0.2, -0.15) is 13.2 Å². The Morgan fingerprint density at radius 3 is 2.35 bits per heavy atom. The minimum Gasteiger partial charge on any atom is -0.493 e. The molecular formula is C23H22F3NO4. The Balaban J connectivity index is 1.52. The Hall–Kier alpha value is -3.21. The first-order chi connectivity index (χ1) is 14.7. The van der Waals surface area contributed by atoms with Crippen LogP contribution >= 0.6 is 0 Å². The largest absolute Gasteiger partial charge is 0.493 e. The minimum absolute atomic E-state index is 0.138. The van der Waals surface area contributed by atoms with E-state index in [1.807, 2.05) is 0 Å². The molecule has 1 aliphatic rings. The summed E-state index contributed by atoms with van der Waals surface area (Å²) in [6, 6.07) is 9.02. The molecule has 31 heavy (non-hydrogen) atoms. The highest BCUT2D eigenvalue weighted by Gasteiger charge is 2.44. The van der Waals surface area contributed by atoms with Gasteiger partial charge in [0.15, 0.2) is 0 Å². The Kier molecular flexibility index (Phi) is 6.74. The fourth-order valence-electron chi connectivity index (χ4n) is 2.95. The Bertz CT molecular complexity index is 956. The molecule has 1 N–H and O–H groups in total. The van der Waals surface area contributed by atoms with Gasteiger partial charge in [0.2, 0.25) is 5.88 Å². The van der Waals surface area contributed by atoms with Gasteiger partial charge in [0.05, 0.1) is 24.7 Å². The highest BCUT2D eigenvalue weighted by Crippen LogP contribution is 2.46. The highest BCUT2D eigenvalue weighted by molar-refractivity contribution is 5.76. The SMILES string of the molecule is CC#CCC(C(=O)O)c1ccc(OCC2(COc3ccc(C(F)(F)F)cn3)CC2)cc1. The number of ether oxygens (including phenoxy) is 2. The van der Waals surface area contributed by atoms with Crippen LogP contribution in [0.3, 0.4) is 0 Å². The van der Waals surface area contributed by atoms with Crippen molar-refractivity contribution < 1.29 is 32.5 Å². The monoisotopic (exact) mass is 433 g/mol. The van der Waals surface area contributed by atoms with E-state index in [0.717, 1.165) is 25.1 Å². The van der Waals surface area contributed by atoms with Crippen LogP contribution < -0.4 is 9.47 Å². The molecule has 0 spiro atoms. The maximum Gasteiger partial charge on any atom is 0.417 e. The number of halogens is 3. The topological polar surface area (TPSA) is 68.7 Å². The third-order valence-electron chi connectivity index (χ3n) is 5.16. The van der Waals surface area contributed by atoms with E-state index in [4.69, 9.17) is 9.47 Å². The first-order valence-corrected chi connectivity index (χ1v) is 9.74. The number of carbonyl (C=O) groups is 1. The molecule has 0 amide bonds. The summed E-state index contributed by atoms with van der Waals surface area (Å²) in [6.07, 6.45) is -1.68. The van der Waals surface area contributed by atoms with Crippen LogP contribution in [0.15, 0.2) is 42.6 Å². The Morgan fingerprint density at radius 2 is 1.84 bits per heavy atom. The van der Waals surface area contributed by atoms with Crippen LogP contribution in [0.25, 0.3) is 0 Å². The van der Waals surface area contributed by atoms with Gasteiger partial charge >= 0.3 is 12.1 Å². The standard InChI is InChI=1S/C23H22F3NO4/c1-2-3-4-19(21(28)29)16-5-8-18(9-6-16)30-14-22(11-12-22)15-31-20-10-7-17(13-27-20)23(24,25)26/h5-10,13,19H,4,11-12,14-15H2,1H3,(H,28,29). The smallest absolute Gasteiger partial charge is 0.417 e. The molecule has 5 nitrogen and oxygen atoms in total. The third-order valence-corrected chi connectivity index (χ3v) is 5.16. The maximum atomic E-state index is 12.6. The third kappa shape index (κ3) is 6.14. The Morgan fingerprint density at radius 1 is 1.16 bits per heavy atom. The molecular weight excluding hydrogens is 411 g/mol. The van der Waals surface area contributed by atoms with Crippen LogP contribution in [0.1, 0.15) is 43.2 Å². The van der Waals surface area contributed by atoms with Gasteiger partial charge in [-0.15, -0.1) is 11.8 Å². The van der Waals surface area contributed by atoms with Gasteiger partial charge in [0.25, 0.3) is 0 Å². The van der Waals surface area contributed by atoms with E-state index in [-0.39, 0.29) is 17.7 Å². The van der Waals surface area contributed by atoms with E-state index in [1.165, 1.54) is 6.07 Å². The second-order valence-corrected chi connectivity index (χ2v) is 7.55. The predicted octanol–water partition coefficient (Wildman–Crippen LogP) is 4.92. The van der Waals surface area contributed by atoms with Gasteiger partial charge in [-0.25, -0.2) is 4.98 Å². The van der Waals surface area contributed by atoms with Gasteiger partial charge in [-0.3, -0.25) is 4.79 Å². The molecule has 8 heteroatoms. The number of rotatable bonds is 9. The van der Waals surface area contributed by atoms with Gasteiger partial charge in [-0.05, 0) is 43.5 Å². The van der Waals surface area contributed by atoms with Crippen molar-refractivity contribution in [3.63, 3.8) is 0 Å². The molecule has 1 atom stereocenters. The quantitative estimate of drug-likeness (QED) is 0.569. The average Bonchev–Trinajstić information content (AvgIpc) is 3.52. The van der Waals surface area contributed by atoms with Crippen molar-refractivity contribution in [3.8, 4) is 23.5 Å². The second kappa shape index (κ2) is 9.29. The molecule has 1 unspecified atom stereocenters. The van der Waals surface area contributed by atoms with Crippen LogP contribution in [0.4, 0.5) is 13.2 Å². The highest BCUT2D eigenvalue weighted by atomic mass is 19.4. The molecule has 1 aromatic heterocycles. The molecule has 1 aromatic carbocycles. The normalized spacial score (nSPS) is 15.4. The molecule has 1 fully saturated rings. The number of alkyl halides is 3. The molecule has 0 aliphatic heterocycles. The zero-order valence-corrected chi connectivity index (χ0v) is 16.9. The van der Waals surface area contributed by atoms with Crippen molar-refractivity contribution in [2.24, 2.45) is 5.41 Å². The fraction of sp³-hybridized carbons (Fsp3) is 0.391. The van der Waals surface area contributed by atoms with E-state index >= 15 is 0 Å². The lowest BCUT2D eigenvalue weighted by molar-refractivity contribution is -0.139. The average molecular weight is 433 g/mol. The van der Waals surface area contributed by atoms with Crippen LogP contribution in [0.2, 0.25) is 0 Å². The lowest BCUT2D eigenvalue weighted by Gasteiger charge is -2.17. The van der Waals surface area contributed by atoms with Crippen molar-refractivity contribution in [1.82, 2.24) is 4.98 Å². The van der Waals surface area contributed by atoms with E-state index < -0.39 is 23.6 Å². The lowest BCUT2D eigenvalue weighted by atomic mass is 9.96.